The van der Waals surface area contributed by atoms with Crippen molar-refractivity contribution in [3.63, 3.8) is 0 Å². The van der Waals surface area contributed by atoms with Gasteiger partial charge in [0.05, 0.1) is 17.3 Å². The topological polar surface area (TPSA) is 47.2 Å². The van der Waals surface area contributed by atoms with Crippen molar-refractivity contribution >= 4 is 12.8 Å². The molecule has 1 aromatic heterocycles. The van der Waals surface area contributed by atoms with Gasteiger partial charge in [0.15, 0.2) is 0 Å². The molecule has 2 rings (SSSR count). The second-order valence-corrected chi connectivity index (χ2v) is 3.47. The number of para-hydroxylation sites is 1. The maximum atomic E-state index is 12.0. The highest BCUT2D eigenvalue weighted by atomic mass is 16.2. The molecule has 0 spiro atoms. The Morgan fingerprint density at radius 2 is 1.94 bits per heavy atom. The molecule has 16 heavy (non-hydrogen) atoms. The van der Waals surface area contributed by atoms with E-state index in [1.165, 1.54) is 4.68 Å². The van der Waals surface area contributed by atoms with Gasteiger partial charge in [0, 0.05) is 7.05 Å². The van der Waals surface area contributed by atoms with Gasteiger partial charge in [-0.1, -0.05) is 24.8 Å². The molecule has 0 saturated heterocycles. The second kappa shape index (κ2) is 3.73. The van der Waals surface area contributed by atoms with Crippen LogP contribution in [0.3, 0.4) is 0 Å². The Labute approximate surface area is 92.0 Å². The van der Waals surface area contributed by atoms with Crippen molar-refractivity contribution in [1.82, 2.24) is 9.36 Å². The third kappa shape index (κ3) is 1.35. The number of aliphatic hydroxyl groups is 1. The largest absolute Gasteiger partial charge is 0.515 e. The van der Waals surface area contributed by atoms with Gasteiger partial charge in [0.1, 0.15) is 5.22 Å². The third-order valence-electron chi connectivity index (χ3n) is 2.55. The fraction of sp³-hybridized carbons (Fsp3) is 0.0833. The lowest BCUT2D eigenvalue weighted by Gasteiger charge is -2.05. The lowest BCUT2D eigenvalue weighted by molar-refractivity contribution is 0.539. The average molecular weight is 216 g/mol. The minimum Gasteiger partial charge on any atom is -0.515 e. The van der Waals surface area contributed by atoms with Crippen LogP contribution in [0.4, 0.5) is 0 Å². The molecule has 82 valence electrons. The summed E-state index contributed by atoms with van der Waals surface area (Å²) < 4.78 is 3.07. The van der Waals surface area contributed by atoms with Gasteiger partial charge in [-0.05, 0) is 12.1 Å². The highest BCUT2D eigenvalue weighted by Crippen LogP contribution is 2.00. The molecule has 4 nitrogen and oxygen atoms in total. The summed E-state index contributed by atoms with van der Waals surface area (Å²) in [5, 5.41) is 9.69. The number of benzene rings is 1. The number of aromatic nitrogens is 2. The highest BCUT2D eigenvalue weighted by molar-refractivity contribution is 5.31. The Bertz CT molecular complexity index is 666. The third-order valence-corrected chi connectivity index (χ3v) is 2.55. The summed E-state index contributed by atoms with van der Waals surface area (Å²) in [6, 6.07) is 9.21. The van der Waals surface area contributed by atoms with Crippen LogP contribution >= 0.6 is 0 Å². The number of hydrogen-bond acceptors (Lipinski definition) is 2. The molecule has 0 saturated carbocycles. The van der Waals surface area contributed by atoms with Crippen molar-refractivity contribution in [1.29, 1.82) is 0 Å². The molecule has 0 atom stereocenters. The summed E-state index contributed by atoms with van der Waals surface area (Å²) in [6.07, 6.45) is 0.796. The Morgan fingerprint density at radius 1 is 1.31 bits per heavy atom. The molecule has 4 heteroatoms. The van der Waals surface area contributed by atoms with Crippen LogP contribution in [0.2, 0.25) is 0 Å². The Balaban J connectivity index is 2.89. The Kier molecular flexibility index (Phi) is 2.40. The van der Waals surface area contributed by atoms with Gasteiger partial charge in [-0.3, -0.25) is 9.48 Å². The van der Waals surface area contributed by atoms with Crippen molar-refractivity contribution in [2.75, 3.05) is 0 Å². The molecule has 0 aliphatic heterocycles. The van der Waals surface area contributed by atoms with Crippen LogP contribution in [-0.4, -0.2) is 14.5 Å². The van der Waals surface area contributed by atoms with Crippen LogP contribution in [0.5, 0.6) is 0 Å². The number of hydrogen-bond donors (Lipinski definition) is 1. The number of aliphatic hydroxyl groups excluding tert-OH is 1. The van der Waals surface area contributed by atoms with Crippen LogP contribution in [0.15, 0.2) is 35.1 Å². The molecule has 1 N–H and O–H groups in total. The minimum atomic E-state index is -0.277. The second-order valence-electron chi connectivity index (χ2n) is 3.47. The fourth-order valence-corrected chi connectivity index (χ4v) is 1.66. The van der Waals surface area contributed by atoms with Crippen LogP contribution in [0.1, 0.15) is 0 Å². The van der Waals surface area contributed by atoms with Crippen molar-refractivity contribution in [2.45, 2.75) is 0 Å². The molecule has 1 heterocycles. The fourth-order valence-electron chi connectivity index (χ4n) is 1.66. The van der Waals surface area contributed by atoms with E-state index in [2.05, 4.69) is 6.58 Å². The molecule has 0 amide bonds. The Hall–Kier alpha value is -2.23. The molecule has 1 aromatic carbocycles. The molecule has 0 radical (unpaired) electrons. The van der Waals surface area contributed by atoms with Gasteiger partial charge in [0.2, 0.25) is 0 Å². The zero-order valence-corrected chi connectivity index (χ0v) is 8.92. The highest BCUT2D eigenvalue weighted by Gasteiger charge is 2.07. The van der Waals surface area contributed by atoms with E-state index < -0.39 is 0 Å². The normalized spacial score (nSPS) is 11.9. The summed E-state index contributed by atoms with van der Waals surface area (Å²) in [5.74, 6) is 0. The predicted octanol–water partition coefficient (Wildman–Crippen LogP) is -0.118. The summed E-state index contributed by atoms with van der Waals surface area (Å²) in [6.45, 7) is 3.75. The van der Waals surface area contributed by atoms with E-state index >= 15 is 0 Å². The van der Waals surface area contributed by atoms with Gasteiger partial charge in [-0.2, -0.15) is 0 Å². The molecule has 0 fully saturated rings. The van der Waals surface area contributed by atoms with Gasteiger partial charge in [-0.25, -0.2) is 4.68 Å². The first-order valence-electron chi connectivity index (χ1n) is 4.83. The monoisotopic (exact) mass is 216 g/mol. The lowest BCUT2D eigenvalue weighted by atomic mass is 10.3. The SMILES string of the molecule is C=c1/c(=C\O)c(=O)n(-c2ccccc2)n1C. The van der Waals surface area contributed by atoms with Crippen LogP contribution < -0.4 is 16.1 Å². The number of nitrogens with zero attached hydrogens (tertiary/aromatic N) is 2. The van der Waals surface area contributed by atoms with E-state index in [9.17, 15) is 4.79 Å². The van der Waals surface area contributed by atoms with Gasteiger partial charge in [-0.15, -0.1) is 0 Å². The van der Waals surface area contributed by atoms with Crippen LogP contribution in [0.25, 0.3) is 18.5 Å². The van der Waals surface area contributed by atoms with Crippen molar-refractivity contribution in [2.24, 2.45) is 7.05 Å². The first-order chi connectivity index (χ1) is 7.66. The lowest BCUT2D eigenvalue weighted by Crippen LogP contribution is -2.34. The quantitative estimate of drug-likeness (QED) is 0.722. The minimum absolute atomic E-state index is 0.214. The summed E-state index contributed by atoms with van der Waals surface area (Å²) in [5.41, 5.74) is 0.467. The van der Waals surface area contributed by atoms with Crippen molar-refractivity contribution in [3.8, 4) is 5.69 Å². The first kappa shape index (κ1) is 10.3. The Morgan fingerprint density at radius 3 is 2.44 bits per heavy atom. The van der Waals surface area contributed by atoms with Crippen LogP contribution in [0, 0.1) is 0 Å². The van der Waals surface area contributed by atoms with E-state index in [1.807, 2.05) is 30.3 Å². The van der Waals surface area contributed by atoms with E-state index in [1.54, 1.807) is 11.7 Å². The summed E-state index contributed by atoms with van der Waals surface area (Å²) in [7, 11) is 1.73. The standard InChI is InChI=1S/C12H12N2O2/c1-9-11(8-15)12(16)14(13(9)2)10-6-4-3-5-7-10/h3-8,15H,1H2,2H3/b11-8+. The average Bonchev–Trinajstić information content (AvgIpc) is 2.51. The summed E-state index contributed by atoms with van der Waals surface area (Å²) >= 11 is 0. The molecule has 0 bridgehead atoms. The van der Waals surface area contributed by atoms with Crippen molar-refractivity contribution in [3.05, 3.63) is 51.3 Å². The van der Waals surface area contributed by atoms with Gasteiger partial charge in [0.25, 0.3) is 5.56 Å². The number of rotatable bonds is 1. The van der Waals surface area contributed by atoms with E-state index in [-0.39, 0.29) is 10.8 Å². The maximum absolute atomic E-state index is 12.0. The van der Waals surface area contributed by atoms with E-state index in [0.717, 1.165) is 11.9 Å². The predicted molar refractivity (Wildman–Crippen MR) is 62.9 cm³/mol. The van der Waals surface area contributed by atoms with E-state index in [4.69, 9.17) is 5.11 Å². The molecule has 0 aliphatic carbocycles. The first-order valence-corrected chi connectivity index (χ1v) is 4.83. The van der Waals surface area contributed by atoms with Crippen molar-refractivity contribution < 1.29 is 5.11 Å². The summed E-state index contributed by atoms with van der Waals surface area (Å²) in [4.78, 5) is 12.0. The molecule has 0 unspecified atom stereocenters. The van der Waals surface area contributed by atoms with Crippen LogP contribution in [-0.2, 0) is 7.05 Å². The van der Waals surface area contributed by atoms with Gasteiger partial charge >= 0.3 is 0 Å². The zero-order valence-electron chi connectivity index (χ0n) is 8.92. The van der Waals surface area contributed by atoms with Gasteiger partial charge < -0.3 is 5.11 Å². The molecule has 2 aromatic rings. The van der Waals surface area contributed by atoms with E-state index in [0.29, 0.717) is 5.35 Å². The zero-order chi connectivity index (χ0) is 11.7. The molecular weight excluding hydrogens is 204 g/mol. The maximum Gasteiger partial charge on any atom is 0.282 e. The molecular formula is C12H12N2O2. The molecule has 0 aliphatic rings. The smallest absolute Gasteiger partial charge is 0.282 e.